The Morgan fingerprint density at radius 1 is 0.897 bits per heavy atom. The minimum atomic E-state index is -3.71. The first-order valence-corrected chi connectivity index (χ1v) is 11.8. The summed E-state index contributed by atoms with van der Waals surface area (Å²) in [7, 11) is -3.71. The lowest BCUT2D eigenvalue weighted by molar-refractivity contribution is 0.382. The fraction of sp³-hybridized carbons (Fsp3) is 0.474. The van der Waals surface area contributed by atoms with E-state index in [1.165, 1.54) is 29.3 Å². The molecule has 2 saturated heterocycles. The SMILES string of the molecule is Cc1cc(N2CCCC2)nc(N2CCN(S(=O)(=O)c3cc(Cl)ccc3Cl)CC2)n1. The molecule has 0 bridgehead atoms. The summed E-state index contributed by atoms with van der Waals surface area (Å²) < 4.78 is 27.5. The first-order valence-electron chi connectivity index (χ1n) is 9.65. The Balaban J connectivity index is 1.50. The monoisotopic (exact) mass is 455 g/mol. The van der Waals surface area contributed by atoms with Gasteiger partial charge in [-0.05, 0) is 38.0 Å². The minimum absolute atomic E-state index is 0.0447. The van der Waals surface area contributed by atoms with Crippen molar-refractivity contribution in [2.24, 2.45) is 0 Å². The molecular formula is C19H23Cl2N5O2S. The molecule has 4 rings (SSSR count). The summed E-state index contributed by atoms with van der Waals surface area (Å²) >= 11 is 12.1. The lowest BCUT2D eigenvalue weighted by atomic mass is 10.3. The molecule has 1 aromatic carbocycles. The van der Waals surface area contributed by atoms with Crippen LogP contribution < -0.4 is 9.80 Å². The van der Waals surface area contributed by atoms with Crippen molar-refractivity contribution in [3.05, 3.63) is 40.0 Å². The van der Waals surface area contributed by atoms with Crippen LogP contribution in [0.2, 0.25) is 10.0 Å². The number of aromatic nitrogens is 2. The number of sulfonamides is 1. The number of hydrogen-bond acceptors (Lipinski definition) is 6. The van der Waals surface area contributed by atoms with Gasteiger partial charge in [0, 0.05) is 56.1 Å². The Morgan fingerprint density at radius 3 is 2.28 bits per heavy atom. The van der Waals surface area contributed by atoms with Gasteiger partial charge in [-0.15, -0.1) is 0 Å². The summed E-state index contributed by atoms with van der Waals surface area (Å²) in [4.78, 5) is 13.7. The normalized spacial score (nSPS) is 18.4. The molecule has 2 fully saturated rings. The molecule has 2 aliphatic heterocycles. The maximum atomic E-state index is 13.0. The first kappa shape index (κ1) is 20.7. The molecule has 0 spiro atoms. The van der Waals surface area contributed by atoms with E-state index in [4.69, 9.17) is 28.2 Å². The van der Waals surface area contributed by atoms with E-state index in [1.807, 2.05) is 17.9 Å². The minimum Gasteiger partial charge on any atom is -0.356 e. The lowest BCUT2D eigenvalue weighted by Crippen LogP contribution is -2.49. The molecule has 0 saturated carbocycles. The molecule has 10 heteroatoms. The third kappa shape index (κ3) is 4.30. The second kappa shape index (κ2) is 8.26. The summed E-state index contributed by atoms with van der Waals surface area (Å²) in [5, 5.41) is 0.517. The number of piperazine rings is 1. The van der Waals surface area contributed by atoms with Gasteiger partial charge in [-0.1, -0.05) is 23.2 Å². The average molecular weight is 456 g/mol. The van der Waals surface area contributed by atoms with Gasteiger partial charge in [-0.25, -0.2) is 13.4 Å². The van der Waals surface area contributed by atoms with Crippen molar-refractivity contribution in [1.29, 1.82) is 0 Å². The molecule has 0 radical (unpaired) electrons. The van der Waals surface area contributed by atoms with Gasteiger partial charge in [0.15, 0.2) is 0 Å². The van der Waals surface area contributed by atoms with E-state index in [0.717, 1.165) is 24.6 Å². The predicted molar refractivity (Wildman–Crippen MR) is 116 cm³/mol. The first-order chi connectivity index (χ1) is 13.8. The van der Waals surface area contributed by atoms with E-state index in [2.05, 4.69) is 9.88 Å². The second-order valence-electron chi connectivity index (χ2n) is 7.33. The Morgan fingerprint density at radius 2 is 1.59 bits per heavy atom. The van der Waals surface area contributed by atoms with Crippen molar-refractivity contribution in [1.82, 2.24) is 14.3 Å². The van der Waals surface area contributed by atoms with Crippen molar-refractivity contribution < 1.29 is 8.42 Å². The molecule has 0 aliphatic carbocycles. The van der Waals surface area contributed by atoms with Gasteiger partial charge in [0.05, 0.1) is 5.02 Å². The molecule has 3 heterocycles. The lowest BCUT2D eigenvalue weighted by Gasteiger charge is -2.34. The molecule has 2 aliphatic rings. The zero-order valence-electron chi connectivity index (χ0n) is 16.2. The summed E-state index contributed by atoms with van der Waals surface area (Å²) in [6.45, 7) is 5.70. The number of benzene rings is 1. The van der Waals surface area contributed by atoms with Crippen molar-refractivity contribution in [2.75, 3.05) is 49.1 Å². The van der Waals surface area contributed by atoms with E-state index < -0.39 is 10.0 Å². The number of rotatable bonds is 4. The molecule has 0 N–H and O–H groups in total. The van der Waals surface area contributed by atoms with E-state index in [0.29, 0.717) is 37.1 Å². The van der Waals surface area contributed by atoms with Gasteiger partial charge in [0.25, 0.3) is 0 Å². The smallest absolute Gasteiger partial charge is 0.244 e. The van der Waals surface area contributed by atoms with Crippen LogP contribution in [0.4, 0.5) is 11.8 Å². The van der Waals surface area contributed by atoms with E-state index in [9.17, 15) is 8.42 Å². The number of hydrogen-bond donors (Lipinski definition) is 0. The summed E-state index contributed by atoms with van der Waals surface area (Å²) in [5.41, 5.74) is 0.915. The average Bonchev–Trinajstić information content (AvgIpc) is 3.24. The summed E-state index contributed by atoms with van der Waals surface area (Å²) in [6, 6.07) is 6.50. The fourth-order valence-electron chi connectivity index (χ4n) is 3.73. The largest absolute Gasteiger partial charge is 0.356 e. The van der Waals surface area contributed by atoms with Crippen LogP contribution in [0.5, 0.6) is 0 Å². The van der Waals surface area contributed by atoms with Crippen LogP contribution in [0.15, 0.2) is 29.2 Å². The van der Waals surface area contributed by atoms with E-state index in [1.54, 1.807) is 6.07 Å². The zero-order chi connectivity index (χ0) is 20.6. The van der Waals surface area contributed by atoms with Gasteiger partial charge in [-0.2, -0.15) is 9.29 Å². The molecule has 7 nitrogen and oxygen atoms in total. The molecule has 2 aromatic rings. The van der Waals surface area contributed by atoms with Gasteiger partial charge in [0.1, 0.15) is 10.7 Å². The van der Waals surface area contributed by atoms with Crippen molar-refractivity contribution in [3.63, 3.8) is 0 Å². The van der Waals surface area contributed by atoms with Gasteiger partial charge >= 0.3 is 0 Å². The summed E-state index contributed by atoms with van der Waals surface area (Å²) in [6.07, 6.45) is 2.36. The van der Waals surface area contributed by atoms with Crippen molar-refractivity contribution in [2.45, 2.75) is 24.7 Å². The Bertz CT molecular complexity index is 1000. The highest BCUT2D eigenvalue weighted by molar-refractivity contribution is 7.89. The predicted octanol–water partition coefficient (Wildman–Crippen LogP) is 3.20. The van der Waals surface area contributed by atoms with E-state index in [-0.39, 0.29) is 9.92 Å². The molecule has 29 heavy (non-hydrogen) atoms. The Kier molecular flexibility index (Phi) is 5.88. The molecular weight excluding hydrogens is 433 g/mol. The van der Waals surface area contributed by atoms with Crippen LogP contribution in [0, 0.1) is 6.92 Å². The van der Waals surface area contributed by atoms with Gasteiger partial charge < -0.3 is 9.80 Å². The molecule has 0 unspecified atom stereocenters. The van der Waals surface area contributed by atoms with E-state index >= 15 is 0 Å². The van der Waals surface area contributed by atoms with Crippen LogP contribution in [0.3, 0.4) is 0 Å². The number of halogens is 2. The molecule has 156 valence electrons. The van der Waals surface area contributed by atoms with Crippen LogP contribution in [-0.4, -0.2) is 62.0 Å². The standard InChI is InChI=1S/C19H23Cl2N5O2S/c1-14-12-18(24-6-2-3-7-24)23-19(22-14)25-8-10-26(11-9-25)29(27,28)17-13-15(20)4-5-16(17)21/h4-5,12-13H,2-3,6-11H2,1H3. The van der Waals surface area contributed by atoms with Crippen molar-refractivity contribution >= 4 is 45.0 Å². The quantitative estimate of drug-likeness (QED) is 0.704. The molecule has 0 atom stereocenters. The van der Waals surface area contributed by atoms with Crippen LogP contribution in [0.1, 0.15) is 18.5 Å². The fourth-order valence-corrected chi connectivity index (χ4v) is 5.89. The number of aryl methyl sites for hydroxylation is 1. The highest BCUT2D eigenvalue weighted by Gasteiger charge is 2.31. The van der Waals surface area contributed by atoms with Gasteiger partial charge in [0.2, 0.25) is 16.0 Å². The van der Waals surface area contributed by atoms with Crippen LogP contribution >= 0.6 is 23.2 Å². The topological polar surface area (TPSA) is 69.6 Å². The maximum absolute atomic E-state index is 13.0. The van der Waals surface area contributed by atoms with Gasteiger partial charge in [-0.3, -0.25) is 0 Å². The number of nitrogens with zero attached hydrogens (tertiary/aromatic N) is 5. The number of anilines is 2. The third-order valence-electron chi connectivity index (χ3n) is 5.29. The third-order valence-corrected chi connectivity index (χ3v) is 7.91. The highest BCUT2D eigenvalue weighted by atomic mass is 35.5. The highest BCUT2D eigenvalue weighted by Crippen LogP contribution is 2.29. The molecule has 0 amide bonds. The Labute approximate surface area is 181 Å². The van der Waals surface area contributed by atoms with Crippen LogP contribution in [-0.2, 0) is 10.0 Å². The maximum Gasteiger partial charge on any atom is 0.244 e. The Hall–Kier alpha value is -1.61. The zero-order valence-corrected chi connectivity index (χ0v) is 18.5. The summed E-state index contributed by atoms with van der Waals surface area (Å²) in [5.74, 6) is 1.61. The second-order valence-corrected chi connectivity index (χ2v) is 10.1. The molecule has 1 aromatic heterocycles. The van der Waals surface area contributed by atoms with Crippen molar-refractivity contribution in [3.8, 4) is 0 Å². The van der Waals surface area contributed by atoms with Crippen LogP contribution in [0.25, 0.3) is 0 Å².